The lowest BCUT2D eigenvalue weighted by Crippen LogP contribution is -2.70. The van der Waals surface area contributed by atoms with Gasteiger partial charge in [0, 0.05) is 16.2 Å². The molecule has 0 bridgehead atoms. The van der Waals surface area contributed by atoms with Crippen LogP contribution in [0.1, 0.15) is 16.8 Å². The van der Waals surface area contributed by atoms with Crippen molar-refractivity contribution < 1.29 is 51.3 Å². The van der Waals surface area contributed by atoms with Gasteiger partial charge in [0.25, 0.3) is 5.91 Å². The van der Waals surface area contributed by atoms with E-state index >= 15 is 0 Å². The Balaban J connectivity index is 0.000000572. The number of benzene rings is 2. The van der Waals surface area contributed by atoms with Gasteiger partial charge in [0.1, 0.15) is 11.4 Å². The van der Waals surface area contributed by atoms with E-state index in [0.29, 0.717) is 3.57 Å². The van der Waals surface area contributed by atoms with Crippen molar-refractivity contribution in [3.63, 3.8) is 0 Å². The fourth-order valence-electron chi connectivity index (χ4n) is 3.15. The fourth-order valence-corrected chi connectivity index (χ4v) is 3.60. The van der Waals surface area contributed by atoms with E-state index in [1.807, 2.05) is 22.6 Å². The number of hydrogen-bond acceptors (Lipinski definition) is 6. The lowest BCUT2D eigenvalue weighted by atomic mass is 9.84. The minimum Gasteiger partial charge on any atom is -0.475 e. The van der Waals surface area contributed by atoms with Gasteiger partial charge < -0.3 is 31.3 Å². The van der Waals surface area contributed by atoms with E-state index in [1.165, 1.54) is 17.0 Å². The van der Waals surface area contributed by atoms with E-state index in [2.05, 4.69) is 5.32 Å². The molecule has 1 fully saturated rings. The van der Waals surface area contributed by atoms with Crippen LogP contribution in [0.5, 0.6) is 0 Å². The SMILES string of the molecule is NC(CCO)C1(O)CN(C(=O)c2ccc(F)c(F)c2Nc2ccc(I)cc2F)C1.O=C(O)C(F)(F)F. The summed E-state index contributed by atoms with van der Waals surface area (Å²) in [7, 11) is 0. The van der Waals surface area contributed by atoms with E-state index in [0.717, 1.165) is 12.1 Å². The Labute approximate surface area is 213 Å². The average Bonchev–Trinajstić information content (AvgIpc) is 2.76. The molecular formula is C21H20F6IN3O5. The van der Waals surface area contributed by atoms with Gasteiger partial charge in [0.05, 0.1) is 30.0 Å². The summed E-state index contributed by atoms with van der Waals surface area (Å²) in [5.41, 5.74) is 3.63. The number of alkyl halides is 3. The molecule has 1 aliphatic heterocycles. The molecule has 8 nitrogen and oxygen atoms in total. The molecule has 1 amide bonds. The zero-order chi connectivity index (χ0) is 27.4. The van der Waals surface area contributed by atoms with Crippen molar-refractivity contribution in [2.24, 2.45) is 5.73 Å². The van der Waals surface area contributed by atoms with Crippen molar-refractivity contribution in [2.45, 2.75) is 24.2 Å². The zero-order valence-corrected chi connectivity index (χ0v) is 20.3. The van der Waals surface area contributed by atoms with E-state index in [9.17, 15) is 36.2 Å². The summed E-state index contributed by atoms with van der Waals surface area (Å²) in [5.74, 6) is -6.63. The molecule has 2 aromatic rings. The summed E-state index contributed by atoms with van der Waals surface area (Å²) in [4.78, 5) is 22.9. The number of nitrogens with one attached hydrogen (secondary N) is 1. The third-order valence-electron chi connectivity index (χ3n) is 5.11. The molecule has 6 N–H and O–H groups in total. The first-order valence-corrected chi connectivity index (χ1v) is 11.1. The third-order valence-corrected chi connectivity index (χ3v) is 5.78. The molecule has 198 valence electrons. The van der Waals surface area contributed by atoms with Crippen LogP contribution in [-0.2, 0) is 4.79 Å². The number of nitrogens with two attached hydrogens (primary N) is 1. The predicted octanol–water partition coefficient (Wildman–Crippen LogP) is 2.98. The number of halogens is 7. The predicted molar refractivity (Wildman–Crippen MR) is 123 cm³/mol. The number of aliphatic hydroxyl groups excluding tert-OH is 1. The maximum atomic E-state index is 14.5. The number of carboxylic acid groups (broad SMARTS) is 1. The molecule has 0 saturated carbocycles. The van der Waals surface area contributed by atoms with Gasteiger partial charge in [0.2, 0.25) is 0 Å². The van der Waals surface area contributed by atoms with Crippen LogP contribution >= 0.6 is 22.6 Å². The molecule has 0 aliphatic carbocycles. The summed E-state index contributed by atoms with van der Waals surface area (Å²) in [6.45, 7) is -0.455. The number of nitrogens with zero attached hydrogens (tertiary/aromatic N) is 1. The molecule has 0 radical (unpaired) electrons. The molecule has 1 saturated heterocycles. The van der Waals surface area contributed by atoms with Crippen LogP contribution in [0.15, 0.2) is 30.3 Å². The summed E-state index contributed by atoms with van der Waals surface area (Å²) >= 11 is 1.91. The van der Waals surface area contributed by atoms with Gasteiger partial charge in [-0.15, -0.1) is 0 Å². The van der Waals surface area contributed by atoms with Crippen molar-refractivity contribution in [3.05, 3.63) is 56.9 Å². The topological polar surface area (TPSA) is 136 Å². The normalized spacial score (nSPS) is 15.3. The summed E-state index contributed by atoms with van der Waals surface area (Å²) in [5, 5.41) is 29.0. The molecule has 1 atom stereocenters. The third kappa shape index (κ3) is 6.98. The van der Waals surface area contributed by atoms with Gasteiger partial charge in [-0.05, 0) is 59.3 Å². The van der Waals surface area contributed by atoms with Crippen LogP contribution < -0.4 is 11.1 Å². The number of amides is 1. The van der Waals surface area contributed by atoms with Gasteiger partial charge in [-0.3, -0.25) is 4.79 Å². The molecule has 3 rings (SSSR count). The molecule has 2 aromatic carbocycles. The molecule has 0 spiro atoms. The number of hydrogen-bond donors (Lipinski definition) is 5. The Morgan fingerprint density at radius 2 is 1.72 bits per heavy atom. The number of β-amino-alcohol motifs (C(OH)–C–C–N with tert-alkyl or cyclic N) is 1. The van der Waals surface area contributed by atoms with E-state index in [4.69, 9.17) is 20.7 Å². The maximum absolute atomic E-state index is 14.5. The van der Waals surface area contributed by atoms with E-state index < -0.39 is 52.8 Å². The minimum absolute atomic E-state index is 0.117. The molecule has 1 aliphatic rings. The number of anilines is 2. The van der Waals surface area contributed by atoms with Crippen LogP contribution in [-0.4, -0.2) is 69.6 Å². The summed E-state index contributed by atoms with van der Waals surface area (Å²) in [6.07, 6.45) is -4.93. The Morgan fingerprint density at radius 1 is 1.14 bits per heavy atom. The van der Waals surface area contributed by atoms with Crippen LogP contribution in [0.3, 0.4) is 0 Å². The van der Waals surface area contributed by atoms with Gasteiger partial charge in [0.15, 0.2) is 11.6 Å². The second-order valence-corrected chi connectivity index (χ2v) is 8.97. The highest BCUT2D eigenvalue weighted by Crippen LogP contribution is 2.32. The first kappa shape index (κ1) is 29.6. The summed E-state index contributed by atoms with van der Waals surface area (Å²) < 4.78 is 74.7. The molecular weight excluding hydrogens is 615 g/mol. The first-order valence-electron chi connectivity index (χ1n) is 9.99. The highest BCUT2D eigenvalue weighted by molar-refractivity contribution is 14.1. The minimum atomic E-state index is -5.08. The first-order chi connectivity index (χ1) is 16.6. The Bertz CT molecular complexity index is 1130. The number of carboxylic acids is 1. The maximum Gasteiger partial charge on any atom is 0.490 e. The molecule has 1 unspecified atom stereocenters. The fraction of sp³-hybridized carbons (Fsp3) is 0.333. The highest BCUT2D eigenvalue weighted by atomic mass is 127. The lowest BCUT2D eigenvalue weighted by molar-refractivity contribution is -0.192. The number of rotatable bonds is 6. The molecule has 15 heteroatoms. The number of aliphatic carboxylic acids is 1. The summed E-state index contributed by atoms with van der Waals surface area (Å²) in [6, 6.07) is 5.30. The van der Waals surface area contributed by atoms with Crippen LogP contribution in [0.2, 0.25) is 0 Å². The number of carbonyl (C=O) groups is 2. The van der Waals surface area contributed by atoms with Crippen LogP contribution in [0.25, 0.3) is 0 Å². The van der Waals surface area contributed by atoms with Crippen molar-refractivity contribution in [2.75, 3.05) is 25.0 Å². The van der Waals surface area contributed by atoms with Gasteiger partial charge in [-0.25, -0.2) is 18.0 Å². The molecule has 36 heavy (non-hydrogen) atoms. The molecule has 0 aromatic heterocycles. The van der Waals surface area contributed by atoms with Crippen LogP contribution in [0, 0.1) is 21.0 Å². The quantitative estimate of drug-likeness (QED) is 0.243. The van der Waals surface area contributed by atoms with Gasteiger partial charge >= 0.3 is 12.1 Å². The van der Waals surface area contributed by atoms with Crippen molar-refractivity contribution >= 4 is 45.8 Å². The average molecular weight is 635 g/mol. The van der Waals surface area contributed by atoms with E-state index in [-0.39, 0.29) is 37.4 Å². The second kappa shape index (κ2) is 11.6. The van der Waals surface area contributed by atoms with Crippen molar-refractivity contribution in [1.82, 2.24) is 4.90 Å². The van der Waals surface area contributed by atoms with Crippen molar-refractivity contribution in [1.29, 1.82) is 0 Å². The highest BCUT2D eigenvalue weighted by Gasteiger charge is 2.48. The zero-order valence-electron chi connectivity index (χ0n) is 18.1. The number of aliphatic hydroxyl groups is 2. The second-order valence-electron chi connectivity index (χ2n) is 7.72. The van der Waals surface area contributed by atoms with E-state index in [1.54, 1.807) is 6.07 Å². The Kier molecular flexibility index (Phi) is 9.55. The number of likely N-dealkylation sites (tertiary alicyclic amines) is 1. The van der Waals surface area contributed by atoms with Gasteiger partial charge in [-0.2, -0.15) is 13.2 Å². The van der Waals surface area contributed by atoms with Crippen LogP contribution in [0.4, 0.5) is 37.7 Å². The number of carbonyl (C=O) groups excluding carboxylic acids is 1. The molecule has 1 heterocycles. The monoisotopic (exact) mass is 635 g/mol. The Hall–Kier alpha value is -2.63. The lowest BCUT2D eigenvalue weighted by Gasteiger charge is -2.49. The van der Waals surface area contributed by atoms with Crippen molar-refractivity contribution in [3.8, 4) is 0 Å². The van der Waals surface area contributed by atoms with Gasteiger partial charge in [-0.1, -0.05) is 0 Å². The Morgan fingerprint density at radius 3 is 2.22 bits per heavy atom. The largest absolute Gasteiger partial charge is 0.490 e. The smallest absolute Gasteiger partial charge is 0.475 e. The standard InChI is InChI=1S/C19H19F3IN3O3.C2HF3O2/c20-12-3-2-11(18(28)26-8-19(29,9-26)15(24)5-6-27)17(16(12)22)25-14-4-1-10(23)7-13(14)21;3-2(4,5)1(6)7/h1-4,7,15,25,27,29H,5-6,8-9,24H2;(H,6,7).